The van der Waals surface area contributed by atoms with Crippen LogP contribution in [0.15, 0.2) is 52.3 Å². The van der Waals surface area contributed by atoms with Gasteiger partial charge in [0.05, 0.1) is 22.9 Å². The van der Waals surface area contributed by atoms with E-state index in [1.807, 2.05) is 6.92 Å². The van der Waals surface area contributed by atoms with Crippen LogP contribution in [0.25, 0.3) is 0 Å². The molecule has 0 bridgehead atoms. The van der Waals surface area contributed by atoms with E-state index in [4.69, 9.17) is 9.88 Å². The van der Waals surface area contributed by atoms with Gasteiger partial charge < -0.3 is 10.1 Å². The van der Waals surface area contributed by atoms with E-state index in [0.717, 1.165) is 4.31 Å². The zero-order valence-corrected chi connectivity index (χ0v) is 19.3. The maximum absolute atomic E-state index is 13.0. The molecule has 170 valence electrons. The van der Waals surface area contributed by atoms with E-state index in [1.165, 1.54) is 36.4 Å². The van der Waals surface area contributed by atoms with Crippen molar-refractivity contribution in [2.75, 3.05) is 19.7 Å². The molecular formula is C20H27N3O6S2. The summed E-state index contributed by atoms with van der Waals surface area (Å²) in [5.41, 5.74) is 1.33. The molecule has 0 fully saturated rings. The molecule has 2 aromatic rings. The van der Waals surface area contributed by atoms with Crippen molar-refractivity contribution in [3.63, 3.8) is 0 Å². The highest BCUT2D eigenvalue weighted by molar-refractivity contribution is 7.89. The van der Waals surface area contributed by atoms with Gasteiger partial charge in [-0.25, -0.2) is 22.0 Å². The Bertz CT molecular complexity index is 1130. The Labute approximate surface area is 183 Å². The molecule has 0 spiro atoms. The molecule has 11 heteroatoms. The van der Waals surface area contributed by atoms with E-state index < -0.39 is 26.0 Å². The molecule has 0 aliphatic heterocycles. The number of likely N-dealkylation sites (N-methyl/N-ethyl adjacent to an activating group) is 1. The molecule has 3 N–H and O–H groups in total. The minimum atomic E-state index is -3.87. The number of aryl methyl sites for hydroxylation is 1. The van der Waals surface area contributed by atoms with E-state index in [0.29, 0.717) is 23.5 Å². The molecule has 0 aliphatic rings. The Hall–Kier alpha value is -2.47. The zero-order valence-electron chi connectivity index (χ0n) is 17.7. The van der Waals surface area contributed by atoms with Crippen molar-refractivity contribution < 1.29 is 26.4 Å². The first kappa shape index (κ1) is 24.8. The van der Waals surface area contributed by atoms with Crippen molar-refractivity contribution in [1.29, 1.82) is 0 Å². The Balaban J connectivity index is 2.05. The Morgan fingerprint density at radius 1 is 1.03 bits per heavy atom. The van der Waals surface area contributed by atoms with Gasteiger partial charge in [0.2, 0.25) is 26.0 Å². The molecule has 0 aromatic heterocycles. The maximum atomic E-state index is 13.0. The van der Waals surface area contributed by atoms with Crippen LogP contribution >= 0.6 is 0 Å². The lowest BCUT2D eigenvalue weighted by molar-refractivity contribution is -0.121. The lowest BCUT2D eigenvalue weighted by Gasteiger charge is -2.21. The number of primary sulfonamides is 1. The van der Waals surface area contributed by atoms with Crippen molar-refractivity contribution in [1.82, 2.24) is 9.62 Å². The lowest BCUT2D eigenvalue weighted by atomic mass is 10.2. The number of sulfonamides is 2. The van der Waals surface area contributed by atoms with Crippen molar-refractivity contribution in [2.45, 2.75) is 37.1 Å². The first-order valence-electron chi connectivity index (χ1n) is 9.61. The molecule has 1 amide bonds. The third-order valence-electron chi connectivity index (χ3n) is 4.50. The Kier molecular flexibility index (Phi) is 8.18. The minimum Gasteiger partial charge on any atom is -0.494 e. The van der Waals surface area contributed by atoms with Crippen LogP contribution in [0.2, 0.25) is 0 Å². The van der Waals surface area contributed by atoms with Crippen molar-refractivity contribution in [3.8, 4) is 5.75 Å². The number of benzene rings is 2. The summed E-state index contributed by atoms with van der Waals surface area (Å²) in [4.78, 5) is 12.4. The van der Waals surface area contributed by atoms with Crippen LogP contribution in [0, 0.1) is 6.92 Å². The highest BCUT2D eigenvalue weighted by atomic mass is 32.2. The summed E-state index contributed by atoms with van der Waals surface area (Å²) < 4.78 is 55.0. The molecule has 0 heterocycles. The number of ether oxygens (including phenoxy) is 1. The van der Waals surface area contributed by atoms with Gasteiger partial charge in [-0.15, -0.1) is 0 Å². The topological polar surface area (TPSA) is 136 Å². The van der Waals surface area contributed by atoms with Gasteiger partial charge in [0.1, 0.15) is 5.75 Å². The fourth-order valence-electron chi connectivity index (χ4n) is 2.83. The Morgan fingerprint density at radius 2 is 1.65 bits per heavy atom. The number of amides is 1. The van der Waals surface area contributed by atoms with Crippen LogP contribution < -0.4 is 15.2 Å². The fourth-order valence-corrected chi connectivity index (χ4v) is 4.84. The molecule has 2 aromatic carbocycles. The summed E-state index contributed by atoms with van der Waals surface area (Å²) >= 11 is 0. The van der Waals surface area contributed by atoms with Gasteiger partial charge >= 0.3 is 0 Å². The molecule has 0 aliphatic carbocycles. The average Bonchev–Trinajstić information content (AvgIpc) is 2.71. The molecular weight excluding hydrogens is 442 g/mol. The Morgan fingerprint density at radius 3 is 2.16 bits per heavy atom. The van der Waals surface area contributed by atoms with Gasteiger partial charge in [0, 0.05) is 13.1 Å². The molecule has 0 saturated carbocycles. The zero-order chi connectivity index (χ0) is 23.2. The van der Waals surface area contributed by atoms with Gasteiger partial charge in [-0.2, -0.15) is 4.31 Å². The van der Waals surface area contributed by atoms with Gasteiger partial charge in [0.15, 0.2) is 0 Å². The molecule has 2 rings (SSSR count). The summed E-state index contributed by atoms with van der Waals surface area (Å²) in [6, 6.07) is 10.3. The van der Waals surface area contributed by atoms with Gasteiger partial charge in [-0.1, -0.05) is 19.1 Å². The molecule has 0 unspecified atom stereocenters. The number of hydrogen-bond donors (Lipinski definition) is 2. The number of nitrogens with one attached hydrogen (secondary N) is 1. The van der Waals surface area contributed by atoms with E-state index in [2.05, 4.69) is 5.32 Å². The second kappa shape index (κ2) is 10.2. The molecule has 31 heavy (non-hydrogen) atoms. The normalized spacial score (nSPS) is 12.0. The van der Waals surface area contributed by atoms with Gasteiger partial charge in [-0.05, 0) is 55.3 Å². The summed E-state index contributed by atoms with van der Waals surface area (Å²) in [5.74, 6) is 0.124. The predicted octanol–water partition coefficient (Wildman–Crippen LogP) is 1.37. The second-order valence-electron chi connectivity index (χ2n) is 6.76. The summed E-state index contributed by atoms with van der Waals surface area (Å²) in [7, 11) is -7.66. The first-order valence-corrected chi connectivity index (χ1v) is 12.6. The summed E-state index contributed by atoms with van der Waals surface area (Å²) in [6.45, 7) is 5.61. The van der Waals surface area contributed by atoms with Crippen LogP contribution in [-0.4, -0.2) is 46.7 Å². The highest BCUT2D eigenvalue weighted by Gasteiger charge is 2.25. The second-order valence-corrected chi connectivity index (χ2v) is 10.3. The summed E-state index contributed by atoms with van der Waals surface area (Å²) in [6.07, 6.45) is 0. The predicted molar refractivity (Wildman–Crippen MR) is 116 cm³/mol. The number of hydrogen-bond acceptors (Lipinski definition) is 6. The van der Waals surface area contributed by atoms with Crippen molar-refractivity contribution >= 4 is 26.0 Å². The third-order valence-corrected chi connectivity index (χ3v) is 7.34. The van der Waals surface area contributed by atoms with Crippen molar-refractivity contribution in [2.24, 2.45) is 5.14 Å². The van der Waals surface area contributed by atoms with Crippen LogP contribution in [0.3, 0.4) is 0 Å². The number of nitrogens with two attached hydrogens (primary N) is 1. The average molecular weight is 470 g/mol. The van der Waals surface area contributed by atoms with E-state index in [9.17, 15) is 21.6 Å². The minimum absolute atomic E-state index is 0.0310. The highest BCUT2D eigenvalue weighted by Crippen LogP contribution is 2.24. The molecule has 0 atom stereocenters. The fraction of sp³-hybridized carbons (Fsp3) is 0.350. The van der Waals surface area contributed by atoms with E-state index in [1.54, 1.807) is 19.9 Å². The smallest absolute Gasteiger partial charge is 0.243 e. The number of carbonyl (C=O) groups excluding carboxylic acids is 1. The quantitative estimate of drug-likeness (QED) is 0.539. The maximum Gasteiger partial charge on any atom is 0.243 e. The summed E-state index contributed by atoms with van der Waals surface area (Å²) in [5, 5.41) is 7.69. The lowest BCUT2D eigenvalue weighted by Crippen LogP contribution is -2.40. The van der Waals surface area contributed by atoms with Crippen LogP contribution in [-0.2, 0) is 31.4 Å². The standard InChI is InChI=1S/C20H27N3O6S2/c1-4-23(31(27,28)18-10-11-19(29-5-2)15(3)12-18)14-20(24)22-13-16-6-8-17(9-7-16)30(21,25)26/h6-12H,4-5,13-14H2,1-3H3,(H,22,24)(H2,21,25,26). The van der Waals surface area contributed by atoms with Gasteiger partial charge in [-0.3, -0.25) is 4.79 Å². The molecule has 0 saturated heterocycles. The third kappa shape index (κ3) is 6.50. The number of carbonyl (C=O) groups is 1. The van der Waals surface area contributed by atoms with E-state index in [-0.39, 0.29) is 29.4 Å². The molecule has 9 nitrogen and oxygen atoms in total. The van der Waals surface area contributed by atoms with Crippen molar-refractivity contribution in [3.05, 3.63) is 53.6 Å². The van der Waals surface area contributed by atoms with Crippen LogP contribution in [0.4, 0.5) is 0 Å². The van der Waals surface area contributed by atoms with Gasteiger partial charge in [0.25, 0.3) is 0 Å². The molecule has 0 radical (unpaired) electrons. The van der Waals surface area contributed by atoms with E-state index >= 15 is 0 Å². The number of nitrogens with zero attached hydrogens (tertiary/aromatic N) is 1. The SMILES string of the molecule is CCOc1ccc(S(=O)(=O)N(CC)CC(=O)NCc2ccc(S(N)(=O)=O)cc2)cc1C. The largest absolute Gasteiger partial charge is 0.494 e. The number of rotatable bonds is 10. The first-order chi connectivity index (χ1) is 14.5. The van der Waals surface area contributed by atoms with Crippen LogP contribution in [0.1, 0.15) is 25.0 Å². The monoisotopic (exact) mass is 469 g/mol. The van der Waals surface area contributed by atoms with Crippen LogP contribution in [0.5, 0.6) is 5.75 Å².